The Morgan fingerprint density at radius 2 is 1.41 bits per heavy atom. The minimum absolute atomic E-state index is 0.798. The van der Waals surface area contributed by atoms with Crippen LogP contribution in [0.2, 0.25) is 0 Å². The minimum Gasteiger partial charge on any atom is -0.285 e. The van der Waals surface area contributed by atoms with Gasteiger partial charge in [-0.2, -0.15) is 4.58 Å². The molecule has 2 aliphatic rings. The summed E-state index contributed by atoms with van der Waals surface area (Å²) in [6, 6.07) is 34.9. The van der Waals surface area contributed by atoms with Gasteiger partial charge in [-0.3, -0.25) is 4.90 Å². The van der Waals surface area contributed by atoms with E-state index in [1.807, 2.05) is 0 Å². The van der Waals surface area contributed by atoms with Crippen LogP contribution in [0.25, 0.3) is 11.1 Å². The number of hydrogen-bond donors (Lipinski definition) is 0. The molecule has 0 fully saturated rings. The number of anilines is 2. The summed E-state index contributed by atoms with van der Waals surface area (Å²) in [6.07, 6.45) is 3.30. The molecule has 2 nitrogen and oxygen atoms in total. The highest BCUT2D eigenvalue weighted by Crippen LogP contribution is 2.39. The van der Waals surface area contributed by atoms with Crippen molar-refractivity contribution < 1.29 is 4.58 Å². The molecule has 0 saturated heterocycles. The first-order valence-electron chi connectivity index (χ1n) is 10.1. The molecule has 0 saturated carbocycles. The maximum Gasteiger partial charge on any atom is 0.228 e. The van der Waals surface area contributed by atoms with Crippen molar-refractivity contribution in [1.29, 1.82) is 0 Å². The molecular weight excluding hydrogens is 352 g/mol. The normalized spacial score (nSPS) is 14.1. The molecule has 1 heterocycles. The third-order valence-electron chi connectivity index (χ3n) is 5.99. The Hall–Kier alpha value is -3.65. The van der Waals surface area contributed by atoms with Gasteiger partial charge in [-0.15, -0.1) is 0 Å². The van der Waals surface area contributed by atoms with Crippen LogP contribution in [0.4, 0.5) is 17.1 Å². The van der Waals surface area contributed by atoms with E-state index >= 15 is 0 Å². The number of hydrogen-bond acceptors (Lipinski definition) is 1. The lowest BCUT2D eigenvalue weighted by atomic mass is 10.1. The van der Waals surface area contributed by atoms with Gasteiger partial charge in [0.1, 0.15) is 0 Å². The van der Waals surface area contributed by atoms with E-state index in [0.29, 0.717) is 0 Å². The second-order valence-corrected chi connectivity index (χ2v) is 7.74. The Balaban J connectivity index is 1.44. The van der Waals surface area contributed by atoms with E-state index in [1.54, 1.807) is 0 Å². The third kappa shape index (κ3) is 2.68. The van der Waals surface area contributed by atoms with Crippen molar-refractivity contribution >= 4 is 23.3 Å². The van der Waals surface area contributed by atoms with Gasteiger partial charge in [-0.1, -0.05) is 54.6 Å². The minimum atomic E-state index is 0.798. The van der Waals surface area contributed by atoms with Crippen LogP contribution < -0.4 is 4.90 Å². The van der Waals surface area contributed by atoms with Gasteiger partial charge in [0.15, 0.2) is 6.21 Å². The third-order valence-corrected chi connectivity index (χ3v) is 5.99. The molecule has 4 aromatic carbocycles. The van der Waals surface area contributed by atoms with Gasteiger partial charge in [-0.05, 0) is 59.0 Å². The number of fused-ring (bicyclic) bond motifs is 4. The molecule has 4 aromatic rings. The highest BCUT2D eigenvalue weighted by Gasteiger charge is 2.27. The second-order valence-electron chi connectivity index (χ2n) is 7.74. The first-order valence-corrected chi connectivity index (χ1v) is 10.1. The Kier molecular flexibility index (Phi) is 3.63. The van der Waals surface area contributed by atoms with Gasteiger partial charge >= 0.3 is 0 Å². The van der Waals surface area contributed by atoms with E-state index in [4.69, 9.17) is 0 Å². The van der Waals surface area contributed by atoms with Crippen LogP contribution in [0.1, 0.15) is 16.7 Å². The summed E-state index contributed by atoms with van der Waals surface area (Å²) >= 11 is 0. The van der Waals surface area contributed by atoms with Crippen LogP contribution in [0.5, 0.6) is 0 Å². The fourth-order valence-corrected chi connectivity index (χ4v) is 4.57. The van der Waals surface area contributed by atoms with Crippen LogP contribution in [0.15, 0.2) is 97.1 Å². The number of benzene rings is 4. The van der Waals surface area contributed by atoms with Crippen molar-refractivity contribution in [3.05, 3.63) is 114 Å². The molecule has 0 radical (unpaired) electrons. The Morgan fingerprint density at radius 1 is 0.655 bits per heavy atom. The van der Waals surface area contributed by atoms with Crippen LogP contribution in [-0.2, 0) is 6.42 Å². The number of nitrogens with zero attached hydrogens (tertiary/aromatic N) is 2. The molecule has 2 heteroatoms. The summed E-state index contributed by atoms with van der Waals surface area (Å²) in [6.45, 7) is 0.798. The largest absolute Gasteiger partial charge is 0.285 e. The fourth-order valence-electron chi connectivity index (χ4n) is 4.57. The maximum atomic E-state index is 2.39. The lowest BCUT2D eigenvalue weighted by molar-refractivity contribution is -0.434. The standard InChI is InChI=1S/C27H21N2/c1-2-10-23(11-3-1)29-19-28(18-21-9-5-7-13-27(21)29)24-14-15-26-22(17-24)16-20-8-4-6-12-25(20)26/h1-15,17-18H,16,19H2/q+1. The SMILES string of the molecule is C1=[N+](c2ccc3c(c2)Cc2ccccc2-3)CN(c2ccccc2)c2ccccc21. The van der Waals surface area contributed by atoms with E-state index in [2.05, 4.69) is 113 Å². The van der Waals surface area contributed by atoms with Crippen LogP contribution >= 0.6 is 0 Å². The summed E-state index contributed by atoms with van der Waals surface area (Å²) in [5, 5.41) is 0. The average Bonchev–Trinajstić information content (AvgIpc) is 3.17. The zero-order valence-corrected chi connectivity index (χ0v) is 16.1. The monoisotopic (exact) mass is 373 g/mol. The highest BCUT2D eigenvalue weighted by molar-refractivity contribution is 5.89. The molecule has 0 atom stereocenters. The number of rotatable bonds is 2. The molecule has 0 N–H and O–H groups in total. The lowest BCUT2D eigenvalue weighted by Crippen LogP contribution is -2.31. The summed E-state index contributed by atoms with van der Waals surface area (Å²) in [7, 11) is 0. The van der Waals surface area contributed by atoms with Crippen molar-refractivity contribution in [2.75, 3.05) is 11.6 Å². The molecule has 0 aromatic heterocycles. The predicted molar refractivity (Wildman–Crippen MR) is 120 cm³/mol. The molecule has 6 rings (SSSR count). The smallest absolute Gasteiger partial charge is 0.228 e. The molecule has 1 aliphatic carbocycles. The summed E-state index contributed by atoms with van der Waals surface area (Å²) in [5.41, 5.74) is 10.6. The fraction of sp³-hybridized carbons (Fsp3) is 0.0741. The van der Waals surface area contributed by atoms with Crippen LogP contribution in [0.3, 0.4) is 0 Å². The van der Waals surface area contributed by atoms with Crippen molar-refractivity contribution in [3.63, 3.8) is 0 Å². The van der Waals surface area contributed by atoms with Crippen LogP contribution in [0, 0.1) is 0 Å². The number of para-hydroxylation sites is 2. The first kappa shape index (κ1) is 16.3. The van der Waals surface area contributed by atoms with Crippen molar-refractivity contribution in [1.82, 2.24) is 0 Å². The van der Waals surface area contributed by atoms with Gasteiger partial charge in [0, 0.05) is 17.8 Å². The van der Waals surface area contributed by atoms with E-state index < -0.39 is 0 Å². The Labute approximate surface area is 171 Å². The molecule has 0 spiro atoms. The quantitative estimate of drug-likeness (QED) is 0.337. The molecule has 29 heavy (non-hydrogen) atoms. The zero-order valence-electron chi connectivity index (χ0n) is 16.1. The second kappa shape index (κ2) is 6.46. The molecule has 0 unspecified atom stereocenters. The Bertz CT molecular complexity index is 1250. The molecule has 1 aliphatic heterocycles. The van der Waals surface area contributed by atoms with Crippen LogP contribution in [-0.4, -0.2) is 17.5 Å². The topological polar surface area (TPSA) is 6.25 Å². The van der Waals surface area contributed by atoms with Gasteiger partial charge in [0.2, 0.25) is 12.4 Å². The van der Waals surface area contributed by atoms with Gasteiger partial charge in [0.25, 0.3) is 0 Å². The average molecular weight is 373 g/mol. The Morgan fingerprint density at radius 3 is 2.34 bits per heavy atom. The molecule has 0 bridgehead atoms. The van der Waals surface area contributed by atoms with E-state index in [1.165, 1.54) is 44.9 Å². The predicted octanol–water partition coefficient (Wildman–Crippen LogP) is 6.13. The van der Waals surface area contributed by atoms with Crippen molar-refractivity contribution in [2.45, 2.75) is 6.42 Å². The zero-order chi connectivity index (χ0) is 19.2. The van der Waals surface area contributed by atoms with E-state index in [0.717, 1.165) is 13.1 Å². The van der Waals surface area contributed by atoms with E-state index in [9.17, 15) is 0 Å². The molecule has 0 amide bonds. The van der Waals surface area contributed by atoms with Gasteiger partial charge in [0.05, 0.1) is 11.3 Å². The van der Waals surface area contributed by atoms with Gasteiger partial charge in [-0.25, -0.2) is 0 Å². The maximum absolute atomic E-state index is 2.39. The lowest BCUT2D eigenvalue weighted by Gasteiger charge is -2.27. The summed E-state index contributed by atoms with van der Waals surface area (Å²) < 4.78 is 2.36. The van der Waals surface area contributed by atoms with Crippen molar-refractivity contribution in [2.24, 2.45) is 0 Å². The summed E-state index contributed by atoms with van der Waals surface area (Å²) in [5.74, 6) is 0. The van der Waals surface area contributed by atoms with Gasteiger partial charge < -0.3 is 0 Å². The first-order chi connectivity index (χ1) is 14.4. The van der Waals surface area contributed by atoms with E-state index in [-0.39, 0.29) is 0 Å². The van der Waals surface area contributed by atoms with Crippen molar-refractivity contribution in [3.8, 4) is 11.1 Å². The molecule has 138 valence electrons. The highest BCUT2D eigenvalue weighted by atomic mass is 15.3. The molecular formula is C27H21N2+. The summed E-state index contributed by atoms with van der Waals surface area (Å²) in [4.78, 5) is 2.39.